The highest BCUT2D eigenvalue weighted by Gasteiger charge is 2.26. The predicted octanol–water partition coefficient (Wildman–Crippen LogP) is 4.02. The Kier molecular flexibility index (Phi) is 6.58. The first kappa shape index (κ1) is 22.3. The van der Waals surface area contributed by atoms with Gasteiger partial charge in [0.25, 0.3) is 0 Å². The Morgan fingerprint density at radius 2 is 1.79 bits per heavy atom. The Morgan fingerprint density at radius 1 is 1.06 bits per heavy atom. The Hall–Kier alpha value is -3.88. The molecule has 2 unspecified atom stereocenters. The van der Waals surface area contributed by atoms with Crippen molar-refractivity contribution in [2.45, 2.75) is 39.7 Å². The first-order chi connectivity index (χ1) is 15.9. The van der Waals surface area contributed by atoms with Crippen molar-refractivity contribution in [3.63, 3.8) is 0 Å². The van der Waals surface area contributed by atoms with Crippen LogP contribution in [-0.2, 0) is 11.3 Å². The molecule has 9 nitrogen and oxygen atoms in total. The summed E-state index contributed by atoms with van der Waals surface area (Å²) >= 11 is 0. The van der Waals surface area contributed by atoms with E-state index in [4.69, 9.17) is 0 Å². The van der Waals surface area contributed by atoms with Gasteiger partial charge in [-0.25, -0.2) is 14.8 Å². The van der Waals surface area contributed by atoms with E-state index in [0.29, 0.717) is 18.8 Å². The summed E-state index contributed by atoms with van der Waals surface area (Å²) in [6.45, 7) is 6.49. The van der Waals surface area contributed by atoms with Crippen molar-refractivity contribution in [1.82, 2.24) is 35.4 Å². The topological polar surface area (TPSA) is 122 Å². The number of rotatable bonds is 9. The molecule has 2 aromatic carbocycles. The number of aromatic amines is 1. The molecule has 9 heteroatoms. The van der Waals surface area contributed by atoms with Gasteiger partial charge in [0.05, 0.1) is 12.5 Å². The second kappa shape index (κ2) is 9.72. The van der Waals surface area contributed by atoms with E-state index in [2.05, 4.69) is 68.8 Å². The van der Waals surface area contributed by atoms with E-state index in [1.807, 2.05) is 28.9 Å². The minimum atomic E-state index is -0.788. The van der Waals surface area contributed by atoms with Crippen LogP contribution in [0.15, 0.2) is 54.9 Å². The molecule has 4 rings (SSSR count). The van der Waals surface area contributed by atoms with E-state index in [9.17, 15) is 9.90 Å². The van der Waals surface area contributed by atoms with Gasteiger partial charge in [0.2, 0.25) is 0 Å². The lowest BCUT2D eigenvalue weighted by Crippen LogP contribution is -2.21. The number of nitrogens with zero attached hydrogens (tertiary/aromatic N) is 6. The average Bonchev–Trinajstić information content (AvgIpc) is 3.50. The number of benzene rings is 2. The summed E-state index contributed by atoms with van der Waals surface area (Å²) in [6, 6.07) is 16.3. The van der Waals surface area contributed by atoms with Gasteiger partial charge in [-0.3, -0.25) is 4.79 Å². The summed E-state index contributed by atoms with van der Waals surface area (Å²) in [7, 11) is 0. The van der Waals surface area contributed by atoms with Crippen LogP contribution in [0.1, 0.15) is 44.5 Å². The van der Waals surface area contributed by atoms with Crippen LogP contribution in [0.2, 0.25) is 0 Å². The standard InChI is InChI=1S/C24H27N7O2/c1-15(2)21(12-16(3)24(32)33)23-25-14-26-31(23)13-17-8-10-18(11-9-17)19-6-4-5-7-20(19)22-27-29-30-28-22/h4-11,14-16,21H,12-13H2,1-3H3,(H,32,33)(H,27,28,29,30). The fourth-order valence-corrected chi connectivity index (χ4v) is 4.02. The maximum atomic E-state index is 11.4. The maximum absolute atomic E-state index is 11.4. The van der Waals surface area contributed by atoms with Gasteiger partial charge < -0.3 is 5.11 Å². The van der Waals surface area contributed by atoms with Gasteiger partial charge in [0, 0.05) is 11.5 Å². The van der Waals surface area contributed by atoms with Crippen LogP contribution in [0, 0.1) is 11.8 Å². The number of hydrogen-bond donors (Lipinski definition) is 2. The van der Waals surface area contributed by atoms with E-state index < -0.39 is 11.9 Å². The molecule has 0 aliphatic rings. The second-order valence-corrected chi connectivity index (χ2v) is 8.59. The van der Waals surface area contributed by atoms with E-state index >= 15 is 0 Å². The summed E-state index contributed by atoms with van der Waals surface area (Å²) in [5.74, 6) is 0.479. The molecular formula is C24H27N7O2. The van der Waals surface area contributed by atoms with Crippen LogP contribution in [0.3, 0.4) is 0 Å². The number of hydrogen-bond acceptors (Lipinski definition) is 6. The lowest BCUT2D eigenvalue weighted by Gasteiger charge is -2.22. The fourth-order valence-electron chi connectivity index (χ4n) is 4.02. The summed E-state index contributed by atoms with van der Waals surface area (Å²) in [5.41, 5.74) is 4.10. The van der Waals surface area contributed by atoms with E-state index in [0.717, 1.165) is 28.1 Å². The van der Waals surface area contributed by atoms with Crippen LogP contribution < -0.4 is 0 Å². The molecular weight excluding hydrogens is 418 g/mol. The number of nitrogens with one attached hydrogen (secondary N) is 1. The van der Waals surface area contributed by atoms with Crippen LogP contribution in [-0.4, -0.2) is 46.5 Å². The number of aromatic nitrogens is 7. The van der Waals surface area contributed by atoms with Gasteiger partial charge in [0.1, 0.15) is 12.2 Å². The molecule has 4 aromatic rings. The molecule has 0 amide bonds. The lowest BCUT2D eigenvalue weighted by atomic mass is 9.86. The zero-order chi connectivity index (χ0) is 23.4. The van der Waals surface area contributed by atoms with Gasteiger partial charge >= 0.3 is 5.97 Å². The highest BCUT2D eigenvalue weighted by Crippen LogP contribution is 2.31. The van der Waals surface area contributed by atoms with E-state index in [1.165, 1.54) is 0 Å². The summed E-state index contributed by atoms with van der Waals surface area (Å²) in [4.78, 5) is 15.9. The molecule has 170 valence electrons. The van der Waals surface area contributed by atoms with Gasteiger partial charge in [-0.1, -0.05) is 69.3 Å². The van der Waals surface area contributed by atoms with Crippen LogP contribution in [0.25, 0.3) is 22.5 Å². The monoisotopic (exact) mass is 445 g/mol. The lowest BCUT2D eigenvalue weighted by molar-refractivity contribution is -0.141. The first-order valence-corrected chi connectivity index (χ1v) is 11.0. The zero-order valence-electron chi connectivity index (χ0n) is 18.9. The average molecular weight is 446 g/mol. The Balaban J connectivity index is 1.56. The molecule has 2 atom stereocenters. The van der Waals surface area contributed by atoms with Gasteiger partial charge in [0.15, 0.2) is 5.82 Å². The minimum absolute atomic E-state index is 0.0141. The number of carboxylic acid groups (broad SMARTS) is 1. The number of carboxylic acids is 1. The Morgan fingerprint density at radius 3 is 2.42 bits per heavy atom. The van der Waals surface area contributed by atoms with Crippen LogP contribution in [0.5, 0.6) is 0 Å². The molecule has 33 heavy (non-hydrogen) atoms. The molecule has 0 bridgehead atoms. The fraction of sp³-hybridized carbons (Fsp3) is 0.333. The van der Waals surface area contributed by atoms with Crippen molar-refractivity contribution in [2.75, 3.05) is 0 Å². The molecule has 0 saturated carbocycles. The second-order valence-electron chi connectivity index (χ2n) is 8.59. The number of aliphatic carboxylic acids is 1. The summed E-state index contributed by atoms with van der Waals surface area (Å²) < 4.78 is 1.88. The Labute approximate surface area is 191 Å². The normalized spacial score (nSPS) is 13.2. The predicted molar refractivity (Wildman–Crippen MR) is 123 cm³/mol. The van der Waals surface area contributed by atoms with Crippen molar-refractivity contribution < 1.29 is 9.90 Å². The van der Waals surface area contributed by atoms with Crippen LogP contribution >= 0.6 is 0 Å². The molecule has 2 N–H and O–H groups in total. The quantitative estimate of drug-likeness (QED) is 0.399. The van der Waals surface area contributed by atoms with Crippen molar-refractivity contribution in [3.8, 4) is 22.5 Å². The molecule has 0 saturated heterocycles. The van der Waals surface area contributed by atoms with Gasteiger partial charge in [-0.2, -0.15) is 5.10 Å². The molecule has 0 spiro atoms. The molecule has 2 heterocycles. The number of tetrazole rings is 1. The van der Waals surface area contributed by atoms with Crippen LogP contribution in [0.4, 0.5) is 0 Å². The van der Waals surface area contributed by atoms with Crippen molar-refractivity contribution in [1.29, 1.82) is 0 Å². The van der Waals surface area contributed by atoms with E-state index in [-0.39, 0.29) is 11.8 Å². The minimum Gasteiger partial charge on any atom is -0.481 e. The third-order valence-corrected chi connectivity index (χ3v) is 5.94. The smallest absolute Gasteiger partial charge is 0.306 e. The SMILES string of the molecule is CC(CC(c1ncnn1Cc1ccc(-c2ccccc2-c2nnn[nH]2)cc1)C(C)C)C(=O)O. The zero-order valence-corrected chi connectivity index (χ0v) is 18.9. The first-order valence-electron chi connectivity index (χ1n) is 11.0. The number of H-pyrrole nitrogens is 1. The maximum Gasteiger partial charge on any atom is 0.306 e. The molecule has 0 fully saturated rings. The van der Waals surface area contributed by atoms with Gasteiger partial charge in [-0.15, -0.1) is 5.10 Å². The Bertz CT molecular complexity index is 1200. The number of carbonyl (C=O) groups is 1. The summed E-state index contributed by atoms with van der Waals surface area (Å²) in [5, 5.41) is 28.0. The summed E-state index contributed by atoms with van der Waals surface area (Å²) in [6.07, 6.45) is 2.07. The third kappa shape index (κ3) is 4.97. The van der Waals surface area contributed by atoms with Gasteiger partial charge in [-0.05, 0) is 39.5 Å². The highest BCUT2D eigenvalue weighted by molar-refractivity contribution is 5.80. The van der Waals surface area contributed by atoms with Crippen molar-refractivity contribution in [2.24, 2.45) is 11.8 Å². The molecule has 2 aromatic heterocycles. The van der Waals surface area contributed by atoms with Crippen molar-refractivity contribution >= 4 is 5.97 Å². The molecule has 0 radical (unpaired) electrons. The molecule has 0 aliphatic carbocycles. The van der Waals surface area contributed by atoms with E-state index in [1.54, 1.807) is 13.3 Å². The largest absolute Gasteiger partial charge is 0.481 e. The van der Waals surface area contributed by atoms with Crippen molar-refractivity contribution in [3.05, 3.63) is 66.2 Å². The highest BCUT2D eigenvalue weighted by atomic mass is 16.4. The molecule has 0 aliphatic heterocycles. The third-order valence-electron chi connectivity index (χ3n) is 5.94.